The van der Waals surface area contributed by atoms with Crippen LogP contribution >= 0.6 is 11.6 Å². The quantitative estimate of drug-likeness (QED) is 0.926. The van der Waals surface area contributed by atoms with Crippen molar-refractivity contribution in [3.8, 4) is 0 Å². The van der Waals surface area contributed by atoms with Gasteiger partial charge in [0.05, 0.1) is 10.7 Å². The van der Waals surface area contributed by atoms with Gasteiger partial charge >= 0.3 is 0 Å². The van der Waals surface area contributed by atoms with Gasteiger partial charge in [-0.25, -0.2) is 0 Å². The summed E-state index contributed by atoms with van der Waals surface area (Å²) in [5.41, 5.74) is 0.961. The highest BCUT2D eigenvalue weighted by molar-refractivity contribution is 6.33. The number of carbonyl (C=O) groups excluding carboxylic acids is 2. The molecule has 1 aliphatic rings. The number of hydrogen-bond donors (Lipinski definition) is 1. The van der Waals surface area contributed by atoms with Crippen molar-refractivity contribution in [3.63, 3.8) is 0 Å². The maximum atomic E-state index is 12.3. The molecule has 1 aliphatic heterocycles. The van der Waals surface area contributed by atoms with E-state index in [0.717, 1.165) is 25.9 Å². The highest BCUT2D eigenvalue weighted by Gasteiger charge is 2.20. The van der Waals surface area contributed by atoms with Crippen LogP contribution in [0.4, 0.5) is 5.69 Å². The van der Waals surface area contributed by atoms with Crippen LogP contribution in [0.5, 0.6) is 0 Å². The molecule has 0 radical (unpaired) electrons. The summed E-state index contributed by atoms with van der Waals surface area (Å²) in [6, 6.07) is 4.90. The van der Waals surface area contributed by atoms with E-state index in [4.69, 9.17) is 16.3 Å². The third-order valence-electron chi connectivity index (χ3n) is 3.16. The van der Waals surface area contributed by atoms with Crippen LogP contribution in [0, 0.1) is 0 Å². The number of nitrogens with zero attached hydrogens (tertiary/aromatic N) is 1. The van der Waals surface area contributed by atoms with E-state index in [0.29, 0.717) is 16.3 Å². The van der Waals surface area contributed by atoms with Crippen LogP contribution in [0.15, 0.2) is 18.2 Å². The Balaban J connectivity index is 2.15. The third kappa shape index (κ3) is 3.49. The summed E-state index contributed by atoms with van der Waals surface area (Å²) in [6.07, 6.45) is 2.08. The number of hydrogen-bond acceptors (Lipinski definition) is 3. The van der Waals surface area contributed by atoms with Gasteiger partial charge < -0.3 is 15.0 Å². The molecule has 1 fully saturated rings. The van der Waals surface area contributed by atoms with Crippen molar-refractivity contribution < 1.29 is 14.3 Å². The number of benzene rings is 1. The van der Waals surface area contributed by atoms with E-state index in [1.54, 1.807) is 18.2 Å². The molecule has 0 spiro atoms. The Bertz CT molecular complexity index is 513. The Morgan fingerprint density at radius 1 is 1.35 bits per heavy atom. The van der Waals surface area contributed by atoms with Gasteiger partial charge in [-0.2, -0.15) is 0 Å². The van der Waals surface area contributed by atoms with Gasteiger partial charge in [-0.3, -0.25) is 9.59 Å². The number of halogens is 1. The fraction of sp³-hybridized carbons (Fsp3) is 0.429. The van der Waals surface area contributed by atoms with Crippen LogP contribution in [-0.4, -0.2) is 43.5 Å². The number of anilines is 1. The molecule has 5 nitrogen and oxygen atoms in total. The summed E-state index contributed by atoms with van der Waals surface area (Å²) in [5, 5.41) is 3.03. The van der Waals surface area contributed by atoms with Crippen molar-refractivity contribution in [3.05, 3.63) is 28.8 Å². The van der Waals surface area contributed by atoms with Gasteiger partial charge in [0.15, 0.2) is 0 Å². The number of ether oxygens (including phenoxy) is 1. The molecular weight excluding hydrogens is 280 g/mol. The summed E-state index contributed by atoms with van der Waals surface area (Å²) in [4.78, 5) is 25.6. The smallest absolute Gasteiger partial charge is 0.253 e. The molecule has 1 aromatic carbocycles. The molecule has 1 heterocycles. The lowest BCUT2D eigenvalue weighted by Crippen LogP contribution is -2.27. The zero-order chi connectivity index (χ0) is 14.5. The van der Waals surface area contributed by atoms with E-state index in [-0.39, 0.29) is 18.4 Å². The van der Waals surface area contributed by atoms with Crippen LogP contribution in [0.2, 0.25) is 5.02 Å². The Morgan fingerprint density at radius 3 is 2.70 bits per heavy atom. The van der Waals surface area contributed by atoms with Gasteiger partial charge in [0.2, 0.25) is 5.91 Å². The van der Waals surface area contributed by atoms with E-state index >= 15 is 0 Å². The van der Waals surface area contributed by atoms with Crippen molar-refractivity contribution >= 4 is 29.1 Å². The SMILES string of the molecule is COCC(=O)Nc1cc(C(=O)N2CCCC2)ccc1Cl. The van der Waals surface area contributed by atoms with E-state index in [1.165, 1.54) is 7.11 Å². The summed E-state index contributed by atoms with van der Waals surface area (Å²) >= 11 is 6.02. The second-order valence-electron chi connectivity index (χ2n) is 4.68. The Hall–Kier alpha value is -1.59. The van der Waals surface area contributed by atoms with Crippen molar-refractivity contribution in [2.45, 2.75) is 12.8 Å². The highest BCUT2D eigenvalue weighted by Crippen LogP contribution is 2.24. The molecule has 1 saturated heterocycles. The summed E-state index contributed by atoms with van der Waals surface area (Å²) < 4.78 is 4.74. The fourth-order valence-electron chi connectivity index (χ4n) is 2.17. The van der Waals surface area contributed by atoms with Crippen LogP contribution in [0.25, 0.3) is 0 Å². The normalized spacial score (nSPS) is 14.4. The predicted molar refractivity (Wildman–Crippen MR) is 77.1 cm³/mol. The molecule has 1 N–H and O–H groups in total. The maximum Gasteiger partial charge on any atom is 0.253 e. The second kappa shape index (κ2) is 6.72. The minimum atomic E-state index is -0.305. The van der Waals surface area contributed by atoms with E-state index in [1.807, 2.05) is 4.90 Å². The van der Waals surface area contributed by atoms with Gasteiger partial charge in [0, 0.05) is 25.8 Å². The fourth-order valence-corrected chi connectivity index (χ4v) is 2.34. The van der Waals surface area contributed by atoms with Gasteiger partial charge in [0.25, 0.3) is 5.91 Å². The van der Waals surface area contributed by atoms with Crippen molar-refractivity contribution in [2.24, 2.45) is 0 Å². The average Bonchev–Trinajstić information content (AvgIpc) is 2.95. The Morgan fingerprint density at radius 2 is 2.05 bits per heavy atom. The standard InChI is InChI=1S/C14H17ClN2O3/c1-20-9-13(18)16-12-8-10(4-5-11(12)15)14(19)17-6-2-3-7-17/h4-5,8H,2-3,6-7,9H2,1H3,(H,16,18). The van der Waals surface area contributed by atoms with Crippen LogP contribution < -0.4 is 5.32 Å². The molecule has 1 aromatic rings. The minimum absolute atomic E-state index is 0.0265. The molecule has 0 saturated carbocycles. The van der Waals surface area contributed by atoms with Crippen LogP contribution in [-0.2, 0) is 9.53 Å². The Kier molecular flexibility index (Phi) is 4.98. The number of likely N-dealkylation sites (tertiary alicyclic amines) is 1. The zero-order valence-electron chi connectivity index (χ0n) is 11.3. The lowest BCUT2D eigenvalue weighted by Gasteiger charge is -2.16. The molecule has 20 heavy (non-hydrogen) atoms. The number of nitrogens with one attached hydrogen (secondary N) is 1. The molecule has 0 bridgehead atoms. The van der Waals surface area contributed by atoms with Gasteiger partial charge in [-0.15, -0.1) is 0 Å². The molecule has 0 aliphatic carbocycles. The lowest BCUT2D eigenvalue weighted by atomic mass is 10.1. The zero-order valence-corrected chi connectivity index (χ0v) is 12.1. The highest BCUT2D eigenvalue weighted by atomic mass is 35.5. The number of rotatable bonds is 4. The van der Waals surface area contributed by atoms with E-state index in [9.17, 15) is 9.59 Å². The first-order valence-electron chi connectivity index (χ1n) is 6.49. The summed E-state index contributed by atoms with van der Waals surface area (Å²) in [6.45, 7) is 1.51. The first-order valence-corrected chi connectivity index (χ1v) is 6.87. The maximum absolute atomic E-state index is 12.3. The van der Waals surface area contributed by atoms with Gasteiger partial charge in [-0.1, -0.05) is 11.6 Å². The van der Waals surface area contributed by atoms with E-state index < -0.39 is 0 Å². The summed E-state index contributed by atoms with van der Waals surface area (Å²) in [5.74, 6) is -0.332. The first-order chi connectivity index (χ1) is 9.61. The number of amides is 2. The molecular formula is C14H17ClN2O3. The number of methoxy groups -OCH3 is 1. The molecule has 0 aromatic heterocycles. The first kappa shape index (κ1) is 14.8. The lowest BCUT2D eigenvalue weighted by molar-refractivity contribution is -0.119. The topological polar surface area (TPSA) is 58.6 Å². The van der Waals surface area contributed by atoms with Gasteiger partial charge in [0.1, 0.15) is 6.61 Å². The van der Waals surface area contributed by atoms with Crippen LogP contribution in [0.3, 0.4) is 0 Å². The van der Waals surface area contributed by atoms with Crippen molar-refractivity contribution in [1.82, 2.24) is 4.90 Å². The minimum Gasteiger partial charge on any atom is -0.375 e. The number of carbonyl (C=O) groups is 2. The molecule has 0 atom stereocenters. The van der Waals surface area contributed by atoms with Crippen molar-refractivity contribution in [2.75, 3.05) is 32.1 Å². The van der Waals surface area contributed by atoms with Crippen LogP contribution in [0.1, 0.15) is 23.2 Å². The van der Waals surface area contributed by atoms with Crippen molar-refractivity contribution in [1.29, 1.82) is 0 Å². The molecule has 6 heteroatoms. The Labute approximate surface area is 122 Å². The van der Waals surface area contributed by atoms with E-state index in [2.05, 4.69) is 5.32 Å². The molecule has 2 amide bonds. The van der Waals surface area contributed by atoms with Gasteiger partial charge in [-0.05, 0) is 31.0 Å². The molecule has 2 rings (SSSR count). The monoisotopic (exact) mass is 296 g/mol. The average molecular weight is 297 g/mol. The molecule has 108 valence electrons. The summed E-state index contributed by atoms with van der Waals surface area (Å²) in [7, 11) is 1.44. The second-order valence-corrected chi connectivity index (χ2v) is 5.08. The molecule has 0 unspecified atom stereocenters. The third-order valence-corrected chi connectivity index (χ3v) is 3.49. The largest absolute Gasteiger partial charge is 0.375 e. The predicted octanol–water partition coefficient (Wildman–Crippen LogP) is 2.16.